The molecule has 1 amide bonds. The quantitative estimate of drug-likeness (QED) is 0.341. The van der Waals surface area contributed by atoms with Gasteiger partial charge < -0.3 is 4.74 Å². The minimum absolute atomic E-state index is 0.322. The maximum atomic E-state index is 13.6. The first-order chi connectivity index (χ1) is 17.5. The van der Waals surface area contributed by atoms with Crippen molar-refractivity contribution in [2.75, 3.05) is 18.1 Å². The molecule has 3 aromatic carbocycles. The van der Waals surface area contributed by atoms with E-state index in [9.17, 15) is 9.59 Å². The molecule has 0 N–H and O–H groups in total. The predicted molar refractivity (Wildman–Crippen MR) is 141 cm³/mol. The van der Waals surface area contributed by atoms with E-state index in [-0.39, 0.29) is 12.5 Å². The number of para-hydroxylation sites is 3. The van der Waals surface area contributed by atoms with Crippen LogP contribution in [0.3, 0.4) is 0 Å². The summed E-state index contributed by atoms with van der Waals surface area (Å²) in [6.07, 6.45) is 0.771. The number of carbonyl (C=O) groups is 2. The molecular formula is C30H29N3O3. The van der Waals surface area contributed by atoms with Crippen LogP contribution in [0.5, 0.6) is 0 Å². The topological polar surface area (TPSA) is 62.7 Å². The third-order valence-corrected chi connectivity index (χ3v) is 6.62. The Balaban J connectivity index is 1.45. The van der Waals surface area contributed by atoms with E-state index >= 15 is 0 Å². The van der Waals surface area contributed by atoms with Gasteiger partial charge in [-0.1, -0.05) is 54.6 Å². The van der Waals surface area contributed by atoms with Crippen molar-refractivity contribution < 1.29 is 14.3 Å². The van der Waals surface area contributed by atoms with Gasteiger partial charge in [-0.2, -0.15) is 0 Å². The minimum Gasteiger partial charge on any atom is -0.452 e. The number of nitrogens with zero attached hydrogens (tertiary/aromatic N) is 3. The molecule has 1 aliphatic rings. The van der Waals surface area contributed by atoms with Gasteiger partial charge in [0.15, 0.2) is 6.61 Å². The second kappa shape index (κ2) is 10.3. The first-order valence-electron chi connectivity index (χ1n) is 12.3. The standard InChI is InChI=1S/C30H29N3O3/c1-21(2)32-18-17-27-25(19-32)29(24-15-9-10-16-26(24)31-27)30(35)36-20-28(34)33(22-11-5-3-6-12-22)23-13-7-4-8-14-23/h3-16,21H,17-20H2,1-2H3. The number of esters is 1. The van der Waals surface area contributed by atoms with Crippen molar-refractivity contribution in [2.24, 2.45) is 0 Å². The molecule has 0 fully saturated rings. The van der Waals surface area contributed by atoms with Crippen LogP contribution in [0.15, 0.2) is 84.9 Å². The van der Waals surface area contributed by atoms with Crippen LogP contribution in [0.2, 0.25) is 0 Å². The van der Waals surface area contributed by atoms with Gasteiger partial charge in [-0.25, -0.2) is 4.79 Å². The van der Waals surface area contributed by atoms with E-state index < -0.39 is 5.97 Å². The number of benzene rings is 3. The molecule has 1 aliphatic heterocycles. The highest BCUT2D eigenvalue weighted by Gasteiger charge is 2.28. The first-order valence-corrected chi connectivity index (χ1v) is 12.3. The third-order valence-electron chi connectivity index (χ3n) is 6.62. The number of ether oxygens (including phenoxy) is 1. The molecule has 0 saturated heterocycles. The monoisotopic (exact) mass is 479 g/mol. The zero-order chi connectivity index (χ0) is 25.1. The lowest BCUT2D eigenvalue weighted by molar-refractivity contribution is -0.120. The van der Waals surface area contributed by atoms with Gasteiger partial charge in [0.25, 0.3) is 5.91 Å². The van der Waals surface area contributed by atoms with Gasteiger partial charge in [0.05, 0.1) is 11.1 Å². The van der Waals surface area contributed by atoms with Gasteiger partial charge in [0, 0.05) is 53.6 Å². The average Bonchev–Trinajstić information content (AvgIpc) is 2.91. The highest BCUT2D eigenvalue weighted by atomic mass is 16.5. The number of fused-ring (bicyclic) bond motifs is 2. The summed E-state index contributed by atoms with van der Waals surface area (Å²) in [4.78, 5) is 35.7. The highest BCUT2D eigenvalue weighted by Crippen LogP contribution is 2.30. The Morgan fingerprint density at radius 2 is 1.53 bits per heavy atom. The predicted octanol–water partition coefficient (Wildman–Crippen LogP) is 5.52. The van der Waals surface area contributed by atoms with Crippen LogP contribution in [0, 0.1) is 0 Å². The Labute approximate surface area is 211 Å². The number of rotatable bonds is 6. The molecule has 6 heteroatoms. The van der Waals surface area contributed by atoms with Crippen LogP contribution in [-0.2, 0) is 22.5 Å². The molecule has 0 aliphatic carbocycles. The van der Waals surface area contributed by atoms with Crippen molar-refractivity contribution in [3.63, 3.8) is 0 Å². The van der Waals surface area contributed by atoms with Gasteiger partial charge >= 0.3 is 5.97 Å². The van der Waals surface area contributed by atoms with E-state index in [0.29, 0.717) is 29.5 Å². The molecule has 4 aromatic rings. The van der Waals surface area contributed by atoms with E-state index in [4.69, 9.17) is 9.72 Å². The lowest BCUT2D eigenvalue weighted by Gasteiger charge is -2.32. The molecular weight excluding hydrogens is 450 g/mol. The fourth-order valence-electron chi connectivity index (χ4n) is 4.74. The molecule has 5 rings (SSSR count). The summed E-state index contributed by atoms with van der Waals surface area (Å²) >= 11 is 0. The van der Waals surface area contributed by atoms with Crippen molar-refractivity contribution in [3.05, 3.63) is 102 Å². The van der Waals surface area contributed by atoms with Gasteiger partial charge in [-0.15, -0.1) is 0 Å². The van der Waals surface area contributed by atoms with Crippen LogP contribution in [-0.4, -0.2) is 41.0 Å². The van der Waals surface area contributed by atoms with Gasteiger partial charge in [0.1, 0.15) is 0 Å². The van der Waals surface area contributed by atoms with Crippen LogP contribution in [0.4, 0.5) is 11.4 Å². The smallest absolute Gasteiger partial charge is 0.339 e. The molecule has 0 bridgehead atoms. The second-order valence-electron chi connectivity index (χ2n) is 9.22. The lowest BCUT2D eigenvalue weighted by Crippen LogP contribution is -2.37. The maximum absolute atomic E-state index is 13.6. The number of anilines is 2. The molecule has 1 aromatic heterocycles. The molecule has 2 heterocycles. The number of carbonyl (C=O) groups excluding carboxylic acids is 2. The van der Waals surface area contributed by atoms with Crippen LogP contribution in [0.25, 0.3) is 10.9 Å². The number of hydrogen-bond acceptors (Lipinski definition) is 5. The molecule has 0 atom stereocenters. The summed E-state index contributed by atoms with van der Waals surface area (Å²) in [6, 6.07) is 26.7. The molecule has 6 nitrogen and oxygen atoms in total. The van der Waals surface area contributed by atoms with E-state index in [1.807, 2.05) is 84.9 Å². The third kappa shape index (κ3) is 4.72. The largest absolute Gasteiger partial charge is 0.452 e. The average molecular weight is 480 g/mol. The van der Waals surface area contributed by atoms with Crippen molar-refractivity contribution in [3.8, 4) is 0 Å². The van der Waals surface area contributed by atoms with Gasteiger partial charge in [-0.05, 0) is 44.2 Å². The van der Waals surface area contributed by atoms with Crippen LogP contribution >= 0.6 is 0 Å². The van der Waals surface area contributed by atoms with E-state index in [0.717, 1.165) is 35.1 Å². The molecule has 0 saturated carbocycles. The van der Waals surface area contributed by atoms with Gasteiger partial charge in [-0.3, -0.25) is 19.6 Å². The van der Waals surface area contributed by atoms with Crippen LogP contribution in [0.1, 0.15) is 35.5 Å². The maximum Gasteiger partial charge on any atom is 0.339 e. The van der Waals surface area contributed by atoms with E-state index in [1.165, 1.54) is 0 Å². The Kier molecular flexibility index (Phi) is 6.78. The highest BCUT2D eigenvalue weighted by molar-refractivity contribution is 6.07. The van der Waals surface area contributed by atoms with Crippen molar-refractivity contribution >= 4 is 34.2 Å². The Morgan fingerprint density at radius 3 is 2.17 bits per heavy atom. The van der Waals surface area contributed by atoms with Gasteiger partial charge in [0.2, 0.25) is 0 Å². The fraction of sp³-hybridized carbons (Fsp3) is 0.233. The summed E-state index contributed by atoms with van der Waals surface area (Å²) in [5.41, 5.74) is 4.53. The zero-order valence-corrected chi connectivity index (χ0v) is 20.6. The Bertz CT molecular complexity index is 1350. The number of aromatic nitrogens is 1. The second-order valence-corrected chi connectivity index (χ2v) is 9.22. The van der Waals surface area contributed by atoms with Crippen molar-refractivity contribution in [1.29, 1.82) is 0 Å². The minimum atomic E-state index is -0.495. The number of amides is 1. The molecule has 0 spiro atoms. The van der Waals surface area contributed by atoms with E-state index in [1.54, 1.807) is 4.90 Å². The Hall–Kier alpha value is -4.03. The first kappa shape index (κ1) is 23.7. The fourth-order valence-corrected chi connectivity index (χ4v) is 4.74. The molecule has 0 radical (unpaired) electrons. The number of pyridine rings is 1. The lowest BCUT2D eigenvalue weighted by atomic mass is 9.95. The summed E-state index contributed by atoms with van der Waals surface area (Å²) in [6.45, 7) is 5.45. The summed E-state index contributed by atoms with van der Waals surface area (Å²) in [7, 11) is 0. The zero-order valence-electron chi connectivity index (χ0n) is 20.6. The summed E-state index contributed by atoms with van der Waals surface area (Å²) < 4.78 is 5.71. The summed E-state index contributed by atoms with van der Waals surface area (Å²) in [5.74, 6) is -0.818. The van der Waals surface area contributed by atoms with E-state index in [2.05, 4.69) is 18.7 Å². The SMILES string of the molecule is CC(C)N1CCc2nc3ccccc3c(C(=O)OCC(=O)N(c3ccccc3)c3ccccc3)c2C1. The normalized spacial score (nSPS) is 13.4. The van der Waals surface area contributed by atoms with Crippen molar-refractivity contribution in [2.45, 2.75) is 32.9 Å². The molecule has 182 valence electrons. The summed E-state index contributed by atoms with van der Waals surface area (Å²) in [5, 5.41) is 0.752. The Morgan fingerprint density at radius 1 is 0.917 bits per heavy atom. The molecule has 36 heavy (non-hydrogen) atoms. The number of hydrogen-bond donors (Lipinski definition) is 0. The molecule has 0 unspecified atom stereocenters. The van der Waals surface area contributed by atoms with Crippen molar-refractivity contribution in [1.82, 2.24) is 9.88 Å². The van der Waals surface area contributed by atoms with Crippen LogP contribution < -0.4 is 4.90 Å².